The van der Waals surface area contributed by atoms with Crippen LogP contribution in [0.4, 0.5) is 0 Å². The molecule has 5 nitrogen and oxygen atoms in total. The molecule has 1 saturated heterocycles. The second-order valence-electron chi connectivity index (χ2n) is 4.08. The van der Waals surface area contributed by atoms with Gasteiger partial charge >= 0.3 is 0 Å². The maximum absolute atomic E-state index is 12.1. The first kappa shape index (κ1) is 12.6. The van der Waals surface area contributed by atoms with Crippen LogP contribution in [0.25, 0.3) is 0 Å². The first-order valence-electron chi connectivity index (χ1n) is 5.11. The molecule has 1 amide bonds. The van der Waals surface area contributed by atoms with E-state index in [0.717, 1.165) is 0 Å². The minimum Gasteiger partial charge on any atom is -0.457 e. The molecule has 1 aliphatic rings. The molecule has 1 aromatic heterocycles. The average Bonchev–Trinajstić information content (AvgIpc) is 2.82. The van der Waals surface area contributed by atoms with Crippen LogP contribution in [0.15, 0.2) is 21.4 Å². The molecular weight excluding hydrogens is 310 g/mol. The Bertz CT molecular complexity index is 536. The first-order chi connectivity index (χ1) is 7.91. The Labute approximate surface area is 108 Å². The molecule has 0 bridgehead atoms. The topological polar surface area (TPSA) is 67.6 Å². The van der Waals surface area contributed by atoms with E-state index in [1.807, 2.05) is 0 Å². The SMILES string of the molecule is CN(C(=O)c1ccoc1Br)C1CCS(=O)(=O)C1. The molecular formula is C10H12BrNO4S. The lowest BCUT2D eigenvalue weighted by molar-refractivity contribution is 0.0745. The number of furan rings is 1. The lowest BCUT2D eigenvalue weighted by Gasteiger charge is -2.22. The third kappa shape index (κ3) is 2.55. The van der Waals surface area contributed by atoms with Gasteiger partial charge in [-0.3, -0.25) is 4.79 Å². The summed E-state index contributed by atoms with van der Waals surface area (Å²) in [6, 6.07) is 1.32. The third-order valence-electron chi connectivity index (χ3n) is 2.92. The number of halogens is 1. The van der Waals surface area contributed by atoms with E-state index in [1.165, 1.54) is 11.2 Å². The van der Waals surface area contributed by atoms with Gasteiger partial charge in [0.1, 0.15) is 0 Å². The minimum atomic E-state index is -2.98. The van der Waals surface area contributed by atoms with Crippen LogP contribution in [0.2, 0.25) is 0 Å². The number of hydrogen-bond donors (Lipinski definition) is 0. The van der Waals surface area contributed by atoms with Gasteiger partial charge in [-0.2, -0.15) is 0 Å². The zero-order valence-electron chi connectivity index (χ0n) is 9.22. The number of nitrogens with zero attached hydrogens (tertiary/aromatic N) is 1. The summed E-state index contributed by atoms with van der Waals surface area (Å²) in [5, 5.41) is 0. The van der Waals surface area contributed by atoms with Gasteiger partial charge in [0.2, 0.25) is 0 Å². The summed E-state index contributed by atoms with van der Waals surface area (Å²) >= 11 is 3.13. The van der Waals surface area contributed by atoms with Crippen LogP contribution in [-0.2, 0) is 9.84 Å². The van der Waals surface area contributed by atoms with Crippen molar-refractivity contribution in [2.45, 2.75) is 12.5 Å². The monoisotopic (exact) mass is 321 g/mol. The van der Waals surface area contributed by atoms with Crippen molar-refractivity contribution in [3.05, 3.63) is 22.6 Å². The molecule has 2 heterocycles. The molecule has 0 spiro atoms. The zero-order valence-corrected chi connectivity index (χ0v) is 11.6. The second-order valence-corrected chi connectivity index (χ2v) is 7.03. The van der Waals surface area contributed by atoms with Gasteiger partial charge in [-0.25, -0.2) is 8.42 Å². The second kappa shape index (κ2) is 4.45. The standard InChI is InChI=1S/C10H12BrNO4S/c1-12(7-3-5-17(14,15)6-7)10(13)8-2-4-16-9(8)11/h2,4,7H,3,5-6H2,1H3. The van der Waals surface area contributed by atoms with E-state index in [2.05, 4.69) is 15.9 Å². The molecule has 0 N–H and O–H groups in total. The van der Waals surface area contributed by atoms with Crippen molar-refractivity contribution in [2.24, 2.45) is 0 Å². The fraction of sp³-hybridized carbons (Fsp3) is 0.500. The Morgan fingerprint density at radius 1 is 1.59 bits per heavy atom. The number of rotatable bonds is 2. The Morgan fingerprint density at radius 2 is 2.29 bits per heavy atom. The summed E-state index contributed by atoms with van der Waals surface area (Å²) in [7, 11) is -1.36. The molecule has 0 radical (unpaired) electrons. The Morgan fingerprint density at radius 3 is 2.76 bits per heavy atom. The maximum atomic E-state index is 12.1. The van der Waals surface area contributed by atoms with Crippen molar-refractivity contribution in [3.63, 3.8) is 0 Å². The lowest BCUT2D eigenvalue weighted by Crippen LogP contribution is -2.37. The van der Waals surface area contributed by atoms with Crippen LogP contribution in [0.1, 0.15) is 16.8 Å². The Kier molecular flexibility index (Phi) is 3.31. The molecule has 0 aliphatic carbocycles. The van der Waals surface area contributed by atoms with E-state index in [1.54, 1.807) is 13.1 Å². The van der Waals surface area contributed by atoms with Crippen molar-refractivity contribution in [2.75, 3.05) is 18.6 Å². The predicted molar refractivity (Wildman–Crippen MR) is 65.6 cm³/mol. The number of hydrogen-bond acceptors (Lipinski definition) is 4. The lowest BCUT2D eigenvalue weighted by atomic mass is 10.2. The summed E-state index contributed by atoms with van der Waals surface area (Å²) in [6.07, 6.45) is 1.91. The molecule has 0 saturated carbocycles. The number of carbonyl (C=O) groups excluding carboxylic acids is 1. The number of sulfone groups is 1. The van der Waals surface area contributed by atoms with Crippen LogP contribution in [-0.4, -0.2) is 43.8 Å². The van der Waals surface area contributed by atoms with Gasteiger partial charge < -0.3 is 9.32 Å². The number of carbonyl (C=O) groups is 1. The van der Waals surface area contributed by atoms with Crippen molar-refractivity contribution in [3.8, 4) is 0 Å². The first-order valence-corrected chi connectivity index (χ1v) is 7.73. The minimum absolute atomic E-state index is 0.0463. The highest BCUT2D eigenvalue weighted by atomic mass is 79.9. The molecule has 1 atom stereocenters. The van der Waals surface area contributed by atoms with Gasteiger partial charge in [0.25, 0.3) is 5.91 Å². The van der Waals surface area contributed by atoms with E-state index in [9.17, 15) is 13.2 Å². The fourth-order valence-electron chi connectivity index (χ4n) is 1.88. The molecule has 2 rings (SSSR count). The van der Waals surface area contributed by atoms with E-state index in [-0.39, 0.29) is 23.5 Å². The summed E-state index contributed by atoms with van der Waals surface area (Å²) in [5.41, 5.74) is 0.414. The molecule has 7 heteroatoms. The van der Waals surface area contributed by atoms with Gasteiger partial charge in [0.05, 0.1) is 23.3 Å². The van der Waals surface area contributed by atoms with Crippen LogP contribution < -0.4 is 0 Å². The molecule has 1 aliphatic heterocycles. The predicted octanol–water partition coefficient (Wildman–Crippen LogP) is 1.30. The Hall–Kier alpha value is -0.820. The Balaban J connectivity index is 2.14. The van der Waals surface area contributed by atoms with Crippen LogP contribution in [0.5, 0.6) is 0 Å². The van der Waals surface area contributed by atoms with E-state index < -0.39 is 9.84 Å². The zero-order chi connectivity index (χ0) is 12.6. The maximum Gasteiger partial charge on any atom is 0.258 e. The number of amides is 1. The summed E-state index contributed by atoms with van der Waals surface area (Å²) < 4.78 is 28.1. The van der Waals surface area contributed by atoms with E-state index in [4.69, 9.17) is 4.42 Å². The molecule has 94 valence electrons. The van der Waals surface area contributed by atoms with Crippen molar-refractivity contribution >= 4 is 31.7 Å². The molecule has 0 aromatic carbocycles. The van der Waals surface area contributed by atoms with Gasteiger partial charge in [-0.05, 0) is 28.4 Å². The summed E-state index contributed by atoms with van der Waals surface area (Å²) in [6.45, 7) is 0. The smallest absolute Gasteiger partial charge is 0.258 e. The summed E-state index contributed by atoms with van der Waals surface area (Å²) in [5.74, 6) is -0.0280. The highest BCUT2D eigenvalue weighted by Crippen LogP contribution is 2.23. The van der Waals surface area contributed by atoms with E-state index >= 15 is 0 Å². The quantitative estimate of drug-likeness (QED) is 0.823. The van der Waals surface area contributed by atoms with E-state index in [0.29, 0.717) is 16.7 Å². The van der Waals surface area contributed by atoms with Crippen molar-refractivity contribution in [1.82, 2.24) is 4.90 Å². The third-order valence-corrected chi connectivity index (χ3v) is 5.29. The van der Waals surface area contributed by atoms with Crippen LogP contribution >= 0.6 is 15.9 Å². The highest BCUT2D eigenvalue weighted by molar-refractivity contribution is 9.10. The van der Waals surface area contributed by atoms with Crippen molar-refractivity contribution < 1.29 is 17.6 Å². The molecule has 1 aromatic rings. The largest absolute Gasteiger partial charge is 0.457 e. The van der Waals surface area contributed by atoms with Gasteiger partial charge in [0, 0.05) is 13.1 Å². The highest BCUT2D eigenvalue weighted by Gasteiger charge is 2.33. The summed E-state index contributed by atoms with van der Waals surface area (Å²) in [4.78, 5) is 13.5. The van der Waals surface area contributed by atoms with Crippen LogP contribution in [0.3, 0.4) is 0 Å². The molecule has 17 heavy (non-hydrogen) atoms. The fourth-order valence-corrected chi connectivity index (χ4v) is 4.07. The molecule has 1 fully saturated rings. The van der Waals surface area contributed by atoms with Crippen LogP contribution in [0, 0.1) is 0 Å². The van der Waals surface area contributed by atoms with Gasteiger partial charge in [0.15, 0.2) is 14.5 Å². The molecule has 1 unspecified atom stereocenters. The average molecular weight is 322 g/mol. The van der Waals surface area contributed by atoms with Gasteiger partial charge in [-0.1, -0.05) is 0 Å². The normalized spacial score (nSPS) is 22.6. The van der Waals surface area contributed by atoms with Gasteiger partial charge in [-0.15, -0.1) is 0 Å². The van der Waals surface area contributed by atoms with Crippen molar-refractivity contribution in [1.29, 1.82) is 0 Å².